The zero-order chi connectivity index (χ0) is 26.0. The summed E-state index contributed by atoms with van der Waals surface area (Å²) in [4.78, 5) is 16.6. The molecule has 0 saturated carbocycles. The number of hydrogen-bond acceptors (Lipinski definition) is 5. The summed E-state index contributed by atoms with van der Waals surface area (Å²) < 4.78 is 81.1. The van der Waals surface area contributed by atoms with Crippen molar-refractivity contribution in [2.24, 2.45) is 5.92 Å². The van der Waals surface area contributed by atoms with Crippen molar-refractivity contribution < 1.29 is 30.8 Å². The summed E-state index contributed by atoms with van der Waals surface area (Å²) >= 11 is 0.842. The van der Waals surface area contributed by atoms with E-state index in [-0.39, 0.29) is 21.3 Å². The molecule has 0 bridgehead atoms. The van der Waals surface area contributed by atoms with Gasteiger partial charge in [0.1, 0.15) is 22.4 Å². The SMILES string of the molecule is Cc1nccn1Cc1ccc(-c2cc(CC(C)C)sc2S(=O)(=O)NC(=O)NCC(F)(F)F)c(F)c1. The van der Waals surface area contributed by atoms with Crippen molar-refractivity contribution in [3.8, 4) is 11.1 Å². The summed E-state index contributed by atoms with van der Waals surface area (Å²) in [5.74, 6) is 0.228. The zero-order valence-electron chi connectivity index (χ0n) is 19.1. The number of thiophene rings is 1. The van der Waals surface area contributed by atoms with Crippen LogP contribution in [0.3, 0.4) is 0 Å². The second-order valence-electron chi connectivity index (χ2n) is 8.33. The monoisotopic (exact) mass is 532 g/mol. The molecule has 0 aliphatic rings. The van der Waals surface area contributed by atoms with Crippen molar-refractivity contribution in [1.29, 1.82) is 0 Å². The van der Waals surface area contributed by atoms with Gasteiger partial charge in [-0.05, 0) is 37.0 Å². The van der Waals surface area contributed by atoms with E-state index in [4.69, 9.17) is 0 Å². The Morgan fingerprint density at radius 3 is 2.49 bits per heavy atom. The number of nitrogens with one attached hydrogen (secondary N) is 2. The number of benzene rings is 1. The molecule has 0 saturated heterocycles. The van der Waals surface area contributed by atoms with E-state index in [1.807, 2.05) is 18.4 Å². The van der Waals surface area contributed by atoms with Gasteiger partial charge in [0.25, 0.3) is 10.0 Å². The van der Waals surface area contributed by atoms with Crippen molar-refractivity contribution in [2.45, 2.75) is 44.1 Å². The van der Waals surface area contributed by atoms with Gasteiger partial charge in [0, 0.05) is 34.9 Å². The number of sulfonamides is 1. The number of alkyl halides is 3. The first-order valence-electron chi connectivity index (χ1n) is 10.5. The smallest absolute Gasteiger partial charge is 0.331 e. The number of carbonyl (C=O) groups is 1. The molecule has 2 heterocycles. The molecule has 0 aliphatic carbocycles. The van der Waals surface area contributed by atoms with E-state index in [0.29, 0.717) is 23.4 Å². The van der Waals surface area contributed by atoms with Crippen LogP contribution in [0.2, 0.25) is 0 Å². The summed E-state index contributed by atoms with van der Waals surface area (Å²) in [5, 5.41) is 1.46. The molecule has 0 spiro atoms. The first-order chi connectivity index (χ1) is 16.2. The number of nitrogens with zero attached hydrogens (tertiary/aromatic N) is 2. The quantitative estimate of drug-likeness (QED) is 0.406. The van der Waals surface area contributed by atoms with E-state index in [9.17, 15) is 26.4 Å². The second kappa shape index (κ2) is 10.4. The second-order valence-corrected chi connectivity index (χ2v) is 11.3. The normalized spacial score (nSPS) is 12.2. The van der Waals surface area contributed by atoms with Crippen LogP contribution in [0, 0.1) is 18.7 Å². The van der Waals surface area contributed by atoms with Gasteiger partial charge >= 0.3 is 12.2 Å². The third kappa shape index (κ3) is 7.04. The van der Waals surface area contributed by atoms with Crippen molar-refractivity contribution in [2.75, 3.05) is 6.54 Å². The largest absolute Gasteiger partial charge is 0.405 e. The molecule has 35 heavy (non-hydrogen) atoms. The van der Waals surface area contributed by atoms with Crippen LogP contribution in [-0.2, 0) is 23.0 Å². The van der Waals surface area contributed by atoms with Gasteiger partial charge in [0.2, 0.25) is 0 Å². The Balaban J connectivity index is 1.95. The van der Waals surface area contributed by atoms with E-state index in [2.05, 4.69) is 4.98 Å². The van der Waals surface area contributed by atoms with E-state index >= 15 is 4.39 Å². The minimum Gasteiger partial charge on any atom is -0.331 e. The number of aromatic nitrogens is 2. The molecular weight excluding hydrogens is 508 g/mol. The predicted molar refractivity (Wildman–Crippen MR) is 124 cm³/mol. The van der Waals surface area contributed by atoms with Crippen LogP contribution >= 0.6 is 11.3 Å². The fourth-order valence-corrected chi connectivity index (χ4v) is 6.20. The minimum absolute atomic E-state index is 0.00145. The number of imidazole rings is 1. The molecule has 2 amide bonds. The van der Waals surface area contributed by atoms with Gasteiger partial charge in [-0.15, -0.1) is 11.3 Å². The van der Waals surface area contributed by atoms with Crippen molar-refractivity contribution in [3.63, 3.8) is 0 Å². The number of halogens is 4. The van der Waals surface area contributed by atoms with Crippen LogP contribution < -0.4 is 10.0 Å². The number of carbonyl (C=O) groups excluding carboxylic acids is 1. The maximum absolute atomic E-state index is 15.2. The lowest BCUT2D eigenvalue weighted by atomic mass is 10.0. The van der Waals surface area contributed by atoms with Gasteiger partial charge in [0.05, 0.1) is 0 Å². The molecule has 0 unspecified atom stereocenters. The van der Waals surface area contributed by atoms with Crippen LogP contribution in [0.1, 0.15) is 30.1 Å². The summed E-state index contributed by atoms with van der Waals surface area (Å²) in [6.45, 7) is 4.31. The van der Waals surface area contributed by atoms with E-state index in [1.165, 1.54) is 23.5 Å². The Bertz CT molecular complexity index is 1310. The van der Waals surface area contributed by atoms with Gasteiger partial charge in [-0.25, -0.2) is 27.3 Å². The van der Waals surface area contributed by atoms with Gasteiger partial charge in [-0.1, -0.05) is 26.0 Å². The van der Waals surface area contributed by atoms with Crippen LogP contribution in [0.25, 0.3) is 11.1 Å². The van der Waals surface area contributed by atoms with E-state index < -0.39 is 34.6 Å². The highest BCUT2D eigenvalue weighted by Crippen LogP contribution is 2.37. The number of aryl methyl sites for hydroxylation is 1. The Morgan fingerprint density at radius 2 is 1.91 bits per heavy atom. The van der Waals surface area contributed by atoms with E-state index in [1.54, 1.807) is 30.1 Å². The first kappa shape index (κ1) is 26.7. The maximum atomic E-state index is 15.2. The lowest BCUT2D eigenvalue weighted by molar-refractivity contribution is -0.122. The molecule has 0 radical (unpaired) electrons. The molecule has 13 heteroatoms. The van der Waals surface area contributed by atoms with Crippen molar-refractivity contribution in [3.05, 3.63) is 58.7 Å². The van der Waals surface area contributed by atoms with Gasteiger partial charge in [-0.2, -0.15) is 13.2 Å². The summed E-state index contributed by atoms with van der Waals surface area (Å²) in [7, 11) is -4.58. The summed E-state index contributed by atoms with van der Waals surface area (Å²) in [6.07, 6.45) is -0.845. The van der Waals surface area contributed by atoms with Crippen LogP contribution in [-0.4, -0.2) is 36.7 Å². The number of urea groups is 1. The Kier molecular flexibility index (Phi) is 7.90. The van der Waals surface area contributed by atoms with E-state index in [0.717, 1.165) is 17.2 Å². The standard InChI is InChI=1S/C22H24F4N4O3S2/c1-13(2)8-16-10-18(20(34-16)35(32,33)29-21(31)28-12-22(24,25)26)17-5-4-15(9-19(17)23)11-30-7-6-27-14(30)3/h4-7,9-10,13H,8,11-12H2,1-3H3,(H2,28,29,31). The molecular formula is C22H24F4N4O3S2. The highest BCUT2D eigenvalue weighted by atomic mass is 32.2. The van der Waals surface area contributed by atoms with Crippen LogP contribution in [0.15, 0.2) is 40.9 Å². The highest BCUT2D eigenvalue weighted by Gasteiger charge is 2.30. The molecule has 2 aromatic heterocycles. The fraction of sp³-hybridized carbons (Fsp3) is 0.364. The zero-order valence-corrected chi connectivity index (χ0v) is 20.7. The third-order valence-corrected chi connectivity index (χ3v) is 7.90. The van der Waals surface area contributed by atoms with Crippen molar-refractivity contribution >= 4 is 27.4 Å². The number of amides is 2. The average molecular weight is 533 g/mol. The highest BCUT2D eigenvalue weighted by molar-refractivity contribution is 7.92. The molecule has 7 nitrogen and oxygen atoms in total. The van der Waals surface area contributed by atoms with Crippen LogP contribution in [0.5, 0.6) is 0 Å². The topological polar surface area (TPSA) is 93.1 Å². The molecule has 0 fully saturated rings. The van der Waals surface area contributed by atoms with Gasteiger partial charge in [0.15, 0.2) is 0 Å². The summed E-state index contributed by atoms with van der Waals surface area (Å²) in [6, 6.07) is 4.39. The maximum Gasteiger partial charge on any atom is 0.405 e. The van der Waals surface area contributed by atoms with Crippen molar-refractivity contribution in [1.82, 2.24) is 19.6 Å². The lowest BCUT2D eigenvalue weighted by Crippen LogP contribution is -2.43. The average Bonchev–Trinajstić information content (AvgIpc) is 3.32. The Labute approximate surface area is 204 Å². The number of rotatable bonds is 8. The fourth-order valence-electron chi connectivity index (χ4n) is 3.34. The molecule has 3 aromatic rings. The number of hydrogen-bond donors (Lipinski definition) is 2. The Hall–Kier alpha value is -2.93. The molecule has 190 valence electrons. The first-order valence-corrected chi connectivity index (χ1v) is 12.8. The van der Waals surface area contributed by atoms with Gasteiger partial charge in [-0.3, -0.25) is 0 Å². The molecule has 0 aliphatic heterocycles. The third-order valence-electron chi connectivity index (χ3n) is 4.88. The minimum atomic E-state index is -4.71. The molecule has 1 aromatic carbocycles. The Morgan fingerprint density at radius 1 is 1.20 bits per heavy atom. The summed E-state index contributed by atoms with van der Waals surface area (Å²) in [5.41, 5.74) is 0.655. The molecule has 0 atom stereocenters. The van der Waals surface area contributed by atoms with Crippen LogP contribution in [0.4, 0.5) is 22.4 Å². The molecule has 2 N–H and O–H groups in total. The lowest BCUT2D eigenvalue weighted by Gasteiger charge is -2.12. The van der Waals surface area contributed by atoms with Gasteiger partial charge < -0.3 is 9.88 Å². The predicted octanol–water partition coefficient (Wildman–Crippen LogP) is 4.86. The molecule has 3 rings (SSSR count).